The van der Waals surface area contributed by atoms with Gasteiger partial charge in [0.1, 0.15) is 18.8 Å². The summed E-state index contributed by atoms with van der Waals surface area (Å²) in [6, 6.07) is 0. The highest BCUT2D eigenvalue weighted by Crippen LogP contribution is 2.26. The molecule has 12 heteroatoms. The summed E-state index contributed by atoms with van der Waals surface area (Å²) >= 11 is 0. The number of aliphatic hydroxyl groups excluding tert-OH is 2. The third kappa shape index (κ3) is 45.1. The summed E-state index contributed by atoms with van der Waals surface area (Å²) in [7, 11) is 0. The van der Waals surface area contributed by atoms with E-state index in [2.05, 4.69) is 142 Å². The summed E-state index contributed by atoms with van der Waals surface area (Å²) < 4.78 is 28.4. The van der Waals surface area contributed by atoms with Crippen molar-refractivity contribution in [1.29, 1.82) is 0 Å². The summed E-state index contributed by atoms with van der Waals surface area (Å²) in [5.41, 5.74) is 0. The van der Waals surface area contributed by atoms with E-state index in [9.17, 15) is 34.5 Å². The number of carboxylic acids is 1. The molecule has 1 fully saturated rings. The van der Waals surface area contributed by atoms with E-state index in [1.54, 1.807) is 0 Å². The normalized spacial score (nSPS) is 18.7. The number of esters is 3. The SMILES string of the molecule is CC/C=C\C/C=C\C/C=C\C/C=C\C/C=C\CCCCCC(=O)OCC(COC1OC(C(=O)O)C(O)C(O)C1OC(=O)CCC/C=C\C/C=C\C/C=C\C/C=C\C/C=C\CC)OC(=O)CCCCCCC/C=C\CCCCCCCC. The minimum Gasteiger partial charge on any atom is -0.479 e. The number of carbonyl (C=O) groups excluding carboxylic acids is 3. The number of carboxylic acid groups (broad SMARTS) is 1. The zero-order valence-electron chi connectivity index (χ0n) is 50.2. The lowest BCUT2D eigenvalue weighted by Crippen LogP contribution is -2.61. The van der Waals surface area contributed by atoms with E-state index in [-0.39, 0.29) is 25.9 Å². The van der Waals surface area contributed by atoms with Gasteiger partial charge in [0.15, 0.2) is 24.6 Å². The second kappa shape index (κ2) is 55.4. The van der Waals surface area contributed by atoms with Crippen LogP contribution in [0.4, 0.5) is 0 Å². The molecule has 3 N–H and O–H groups in total. The first-order valence-corrected chi connectivity index (χ1v) is 31.2. The van der Waals surface area contributed by atoms with Gasteiger partial charge in [-0.2, -0.15) is 0 Å². The molecular weight excluding hydrogens is 1020 g/mol. The molecule has 456 valence electrons. The summed E-state index contributed by atoms with van der Waals surface area (Å²) in [6.45, 7) is 5.70. The number of carbonyl (C=O) groups is 4. The van der Waals surface area contributed by atoms with Gasteiger partial charge >= 0.3 is 23.9 Å². The summed E-state index contributed by atoms with van der Waals surface area (Å²) in [5, 5.41) is 31.5. The van der Waals surface area contributed by atoms with Crippen molar-refractivity contribution in [2.45, 2.75) is 263 Å². The molecule has 0 aromatic carbocycles. The van der Waals surface area contributed by atoms with Gasteiger partial charge in [-0.25, -0.2) is 4.79 Å². The maximum atomic E-state index is 13.2. The first kappa shape index (κ1) is 73.9. The Bertz CT molecular complexity index is 1920. The van der Waals surface area contributed by atoms with Crippen molar-refractivity contribution in [3.8, 4) is 0 Å². The highest BCUT2D eigenvalue weighted by atomic mass is 16.7. The second-order valence-electron chi connectivity index (χ2n) is 20.6. The lowest BCUT2D eigenvalue weighted by Gasteiger charge is -2.40. The van der Waals surface area contributed by atoms with E-state index >= 15 is 0 Å². The zero-order chi connectivity index (χ0) is 58.9. The zero-order valence-corrected chi connectivity index (χ0v) is 50.2. The Morgan fingerprint density at radius 3 is 1.25 bits per heavy atom. The molecule has 12 nitrogen and oxygen atoms in total. The number of aliphatic carboxylic acids is 1. The van der Waals surface area contributed by atoms with Crippen molar-refractivity contribution in [1.82, 2.24) is 0 Å². The Balaban J connectivity index is 2.75. The van der Waals surface area contributed by atoms with Gasteiger partial charge in [0.25, 0.3) is 0 Å². The first-order chi connectivity index (χ1) is 39.6. The van der Waals surface area contributed by atoms with E-state index in [1.807, 2.05) is 12.2 Å². The van der Waals surface area contributed by atoms with E-state index in [0.717, 1.165) is 122 Å². The predicted octanol–water partition coefficient (Wildman–Crippen LogP) is 16.6. The Morgan fingerprint density at radius 1 is 0.420 bits per heavy atom. The average molecular weight is 1130 g/mol. The van der Waals surface area contributed by atoms with Crippen molar-refractivity contribution < 1.29 is 58.2 Å². The molecule has 0 spiro atoms. The minimum atomic E-state index is -1.94. The molecule has 6 atom stereocenters. The van der Waals surface area contributed by atoms with Crippen LogP contribution in [-0.2, 0) is 42.9 Å². The lowest BCUT2D eigenvalue weighted by molar-refractivity contribution is -0.301. The van der Waals surface area contributed by atoms with Gasteiger partial charge < -0.3 is 39.0 Å². The van der Waals surface area contributed by atoms with Crippen LogP contribution in [0, 0.1) is 0 Å². The molecule has 1 aliphatic heterocycles. The molecule has 1 aliphatic rings. The largest absolute Gasteiger partial charge is 0.479 e. The van der Waals surface area contributed by atoms with Crippen LogP contribution in [0.1, 0.15) is 226 Å². The standard InChI is InChI=1S/C69H108O12/c1-4-7-10-13-16-19-22-25-28-30-31-33-35-37-40-43-46-49-52-55-61(70)77-58-60(79-62(71)56-53-50-47-44-41-38-34-27-24-21-18-15-12-9-6-3)59-78-69-67(65(74)64(73)66(81-69)68(75)76)80-63(72)57-54-51-48-45-42-39-36-32-29-26-23-20-17-14-11-8-5-2/h7-8,10-11,16-17,19-20,25-29,31,33-34,36-37,39-40,45,48,60,64-67,69,73-74H,4-6,9,12-15,18,21-24,30,32,35,38,41-44,46-47,49-59H2,1-3H3,(H,75,76)/b10-7-,11-8-,19-16-,20-17-,28-25-,29-26-,33-31-,34-27-,39-36-,40-37-,48-45-. The smallest absolute Gasteiger partial charge is 0.335 e. The fraction of sp³-hybridized carbons (Fsp3) is 0.623. The number of hydrogen-bond donors (Lipinski definition) is 3. The number of ether oxygens (including phenoxy) is 5. The molecule has 0 bridgehead atoms. The van der Waals surface area contributed by atoms with E-state index in [4.69, 9.17) is 23.7 Å². The van der Waals surface area contributed by atoms with Crippen LogP contribution < -0.4 is 0 Å². The fourth-order valence-electron chi connectivity index (χ4n) is 8.48. The molecule has 0 radical (unpaired) electrons. The topological polar surface area (TPSA) is 175 Å². The molecule has 0 aromatic rings. The van der Waals surface area contributed by atoms with Gasteiger partial charge in [0.2, 0.25) is 0 Å². The van der Waals surface area contributed by atoms with Gasteiger partial charge in [-0.15, -0.1) is 0 Å². The van der Waals surface area contributed by atoms with E-state index in [1.165, 1.54) is 38.5 Å². The number of hydrogen-bond acceptors (Lipinski definition) is 11. The fourth-order valence-corrected chi connectivity index (χ4v) is 8.48. The third-order valence-electron chi connectivity index (χ3n) is 13.2. The van der Waals surface area contributed by atoms with Crippen molar-refractivity contribution in [3.63, 3.8) is 0 Å². The maximum Gasteiger partial charge on any atom is 0.335 e. The number of aliphatic hydroxyl groups is 2. The van der Waals surface area contributed by atoms with Gasteiger partial charge in [0, 0.05) is 19.3 Å². The van der Waals surface area contributed by atoms with Crippen LogP contribution >= 0.6 is 0 Å². The average Bonchev–Trinajstić information content (AvgIpc) is 3.53. The van der Waals surface area contributed by atoms with Crippen molar-refractivity contribution in [3.05, 3.63) is 134 Å². The van der Waals surface area contributed by atoms with Crippen molar-refractivity contribution >= 4 is 23.9 Å². The first-order valence-electron chi connectivity index (χ1n) is 31.2. The minimum absolute atomic E-state index is 0.0291. The Morgan fingerprint density at radius 2 is 0.790 bits per heavy atom. The van der Waals surface area contributed by atoms with Gasteiger partial charge in [0.05, 0.1) is 6.61 Å². The third-order valence-corrected chi connectivity index (χ3v) is 13.2. The summed E-state index contributed by atoms with van der Waals surface area (Å²) in [6.07, 6.45) is 65.6. The van der Waals surface area contributed by atoms with Crippen LogP contribution in [0.5, 0.6) is 0 Å². The summed E-state index contributed by atoms with van der Waals surface area (Å²) in [4.78, 5) is 51.2. The second-order valence-corrected chi connectivity index (χ2v) is 20.6. The molecule has 0 saturated carbocycles. The molecule has 1 saturated heterocycles. The monoisotopic (exact) mass is 1130 g/mol. The molecular formula is C69H108O12. The summed E-state index contributed by atoms with van der Waals surface area (Å²) in [5.74, 6) is -3.27. The molecule has 0 aromatic heterocycles. The van der Waals surface area contributed by atoms with Crippen LogP contribution in [-0.4, -0.2) is 89.2 Å². The van der Waals surface area contributed by atoms with Crippen LogP contribution in [0.3, 0.4) is 0 Å². The van der Waals surface area contributed by atoms with Gasteiger partial charge in [-0.05, 0) is 128 Å². The molecule has 1 heterocycles. The van der Waals surface area contributed by atoms with Crippen LogP contribution in [0.2, 0.25) is 0 Å². The molecule has 81 heavy (non-hydrogen) atoms. The lowest BCUT2D eigenvalue weighted by atomic mass is 9.98. The van der Waals surface area contributed by atoms with Crippen molar-refractivity contribution in [2.24, 2.45) is 0 Å². The Labute approximate surface area is 490 Å². The van der Waals surface area contributed by atoms with E-state index < -0.39 is 67.3 Å². The predicted molar refractivity (Wildman–Crippen MR) is 330 cm³/mol. The highest BCUT2D eigenvalue weighted by Gasteiger charge is 2.50. The quantitative estimate of drug-likeness (QED) is 0.0228. The Kier molecular flexibility index (Phi) is 50.5. The van der Waals surface area contributed by atoms with Crippen molar-refractivity contribution in [2.75, 3.05) is 13.2 Å². The molecule has 1 rings (SSSR count). The number of unbranched alkanes of at least 4 members (excludes halogenated alkanes) is 15. The van der Waals surface area contributed by atoms with Crippen LogP contribution in [0.15, 0.2) is 134 Å². The van der Waals surface area contributed by atoms with Gasteiger partial charge in [-0.3, -0.25) is 14.4 Å². The Hall–Kier alpha value is -5.14. The number of rotatable bonds is 51. The number of allylic oxidation sites excluding steroid dienone is 22. The highest BCUT2D eigenvalue weighted by molar-refractivity contribution is 5.74. The molecule has 6 unspecified atom stereocenters. The molecule has 0 aliphatic carbocycles. The maximum absolute atomic E-state index is 13.2. The van der Waals surface area contributed by atoms with Gasteiger partial charge in [-0.1, -0.05) is 212 Å². The van der Waals surface area contributed by atoms with E-state index in [0.29, 0.717) is 25.7 Å². The molecule has 0 amide bonds. The van der Waals surface area contributed by atoms with Crippen LogP contribution in [0.25, 0.3) is 0 Å².